The van der Waals surface area contributed by atoms with Crippen LogP contribution in [0.5, 0.6) is 0 Å². The average molecular weight is 394 g/mol. The van der Waals surface area contributed by atoms with E-state index in [1.807, 2.05) is 11.8 Å². The molecule has 6 nitrogen and oxygen atoms in total. The number of thiophene rings is 1. The smallest absolute Gasteiger partial charge is 0.252 e. The second-order valence-corrected chi connectivity index (χ2v) is 10.2. The van der Waals surface area contributed by atoms with Crippen LogP contribution in [0.25, 0.3) is 0 Å². The van der Waals surface area contributed by atoms with Crippen LogP contribution in [0.15, 0.2) is 16.3 Å². The number of hydrogen-bond acceptors (Lipinski definition) is 5. The van der Waals surface area contributed by atoms with Crippen molar-refractivity contribution in [3.8, 4) is 0 Å². The lowest BCUT2D eigenvalue weighted by Gasteiger charge is -2.33. The van der Waals surface area contributed by atoms with Crippen LogP contribution in [0.3, 0.4) is 0 Å². The molecule has 2 heterocycles. The van der Waals surface area contributed by atoms with Gasteiger partial charge in [0, 0.05) is 32.2 Å². The molecule has 136 valence electrons. The predicted molar refractivity (Wildman–Crippen MR) is 97.0 cm³/mol. The lowest BCUT2D eigenvalue weighted by Crippen LogP contribution is -2.51. The molecule has 1 aliphatic rings. The first-order chi connectivity index (χ1) is 11.2. The zero-order valence-electron chi connectivity index (χ0n) is 14.2. The lowest BCUT2D eigenvalue weighted by molar-refractivity contribution is -0.123. The highest BCUT2D eigenvalue weighted by molar-refractivity contribution is 7.91. The fourth-order valence-electron chi connectivity index (χ4n) is 2.36. The molecule has 1 amide bonds. The molecule has 0 saturated carbocycles. The molecular formula is C15H24ClN3O3S2. The van der Waals surface area contributed by atoms with Gasteiger partial charge in [-0.3, -0.25) is 9.69 Å². The van der Waals surface area contributed by atoms with E-state index in [-0.39, 0.29) is 16.2 Å². The van der Waals surface area contributed by atoms with E-state index in [0.29, 0.717) is 43.0 Å². The second-order valence-electron chi connectivity index (χ2n) is 6.34. The fourth-order valence-corrected chi connectivity index (χ4v) is 5.42. The SMILES string of the molecule is CC(C)[C@@H](C)NC(=O)CN1CCN(S(=O)(=O)c2ccc(Cl)s2)CC1. The van der Waals surface area contributed by atoms with E-state index in [2.05, 4.69) is 19.2 Å². The molecule has 1 atom stereocenters. The number of carbonyl (C=O) groups is 1. The van der Waals surface area contributed by atoms with Gasteiger partial charge in [-0.05, 0) is 25.0 Å². The van der Waals surface area contributed by atoms with Crippen molar-refractivity contribution in [1.29, 1.82) is 0 Å². The first kappa shape index (κ1) is 19.7. The molecule has 0 unspecified atom stereocenters. The van der Waals surface area contributed by atoms with Crippen LogP contribution in [0.1, 0.15) is 20.8 Å². The van der Waals surface area contributed by atoms with Crippen LogP contribution in [-0.2, 0) is 14.8 Å². The maximum atomic E-state index is 12.5. The van der Waals surface area contributed by atoms with Crippen molar-refractivity contribution in [2.75, 3.05) is 32.7 Å². The van der Waals surface area contributed by atoms with Crippen molar-refractivity contribution in [2.45, 2.75) is 31.0 Å². The van der Waals surface area contributed by atoms with Crippen molar-refractivity contribution in [1.82, 2.24) is 14.5 Å². The van der Waals surface area contributed by atoms with Gasteiger partial charge in [-0.25, -0.2) is 8.42 Å². The first-order valence-corrected chi connectivity index (χ1v) is 10.6. The summed E-state index contributed by atoms with van der Waals surface area (Å²) in [5.74, 6) is 0.367. The normalized spacial score (nSPS) is 18.7. The summed E-state index contributed by atoms with van der Waals surface area (Å²) in [6.07, 6.45) is 0. The van der Waals surface area contributed by atoms with E-state index in [1.165, 1.54) is 10.4 Å². The molecular weight excluding hydrogens is 370 g/mol. The Morgan fingerprint density at radius 2 is 1.88 bits per heavy atom. The van der Waals surface area contributed by atoms with Crippen LogP contribution >= 0.6 is 22.9 Å². The van der Waals surface area contributed by atoms with Crippen LogP contribution < -0.4 is 5.32 Å². The Morgan fingerprint density at radius 1 is 1.25 bits per heavy atom. The highest BCUT2D eigenvalue weighted by Crippen LogP contribution is 2.28. The molecule has 1 aromatic heterocycles. The maximum absolute atomic E-state index is 12.5. The zero-order chi connectivity index (χ0) is 17.9. The Balaban J connectivity index is 1.86. The summed E-state index contributed by atoms with van der Waals surface area (Å²) in [6, 6.07) is 3.26. The summed E-state index contributed by atoms with van der Waals surface area (Å²) in [5.41, 5.74) is 0. The molecule has 9 heteroatoms. The standard InChI is InChI=1S/C15H24ClN3O3S2/c1-11(2)12(3)17-14(20)10-18-6-8-19(9-7-18)24(21,22)15-5-4-13(16)23-15/h4-5,11-12H,6-10H2,1-3H3,(H,17,20)/t12-/m1/s1. The molecule has 1 aromatic rings. The van der Waals surface area contributed by atoms with Gasteiger partial charge in [0.25, 0.3) is 10.0 Å². The molecule has 1 N–H and O–H groups in total. The number of halogens is 1. The number of rotatable bonds is 6. The van der Waals surface area contributed by atoms with E-state index in [0.717, 1.165) is 11.3 Å². The lowest BCUT2D eigenvalue weighted by atomic mass is 10.1. The maximum Gasteiger partial charge on any atom is 0.252 e. The average Bonchev–Trinajstić information content (AvgIpc) is 2.95. The minimum atomic E-state index is -3.48. The van der Waals surface area contributed by atoms with Gasteiger partial charge in [0.15, 0.2) is 0 Å². The van der Waals surface area contributed by atoms with Gasteiger partial charge in [-0.15, -0.1) is 11.3 Å². The van der Waals surface area contributed by atoms with Crippen LogP contribution in [-0.4, -0.2) is 62.3 Å². The fraction of sp³-hybridized carbons (Fsp3) is 0.667. The van der Waals surface area contributed by atoms with E-state index in [4.69, 9.17) is 11.6 Å². The van der Waals surface area contributed by atoms with E-state index in [1.54, 1.807) is 6.07 Å². The van der Waals surface area contributed by atoms with Gasteiger partial charge in [0.05, 0.1) is 10.9 Å². The molecule has 0 aliphatic carbocycles. The van der Waals surface area contributed by atoms with Gasteiger partial charge < -0.3 is 5.32 Å². The number of piperazine rings is 1. The van der Waals surface area contributed by atoms with Gasteiger partial charge in [0.2, 0.25) is 5.91 Å². The summed E-state index contributed by atoms with van der Waals surface area (Å²) >= 11 is 6.90. The van der Waals surface area contributed by atoms with Crippen molar-refractivity contribution in [2.24, 2.45) is 5.92 Å². The topological polar surface area (TPSA) is 69.7 Å². The predicted octanol–water partition coefficient (Wildman–Crippen LogP) is 1.87. The molecule has 0 aromatic carbocycles. The molecule has 1 saturated heterocycles. The summed E-state index contributed by atoms with van der Waals surface area (Å²) < 4.78 is 27.2. The van der Waals surface area contributed by atoms with Gasteiger partial charge in [-0.2, -0.15) is 4.31 Å². The van der Waals surface area contributed by atoms with Gasteiger partial charge in [0.1, 0.15) is 4.21 Å². The van der Waals surface area contributed by atoms with Crippen molar-refractivity contribution in [3.63, 3.8) is 0 Å². The Kier molecular flexibility index (Phi) is 6.66. The third-order valence-corrected chi connectivity index (χ3v) is 7.83. The van der Waals surface area contributed by atoms with Crippen molar-refractivity contribution in [3.05, 3.63) is 16.5 Å². The zero-order valence-corrected chi connectivity index (χ0v) is 16.5. The van der Waals surface area contributed by atoms with Crippen LogP contribution in [0.4, 0.5) is 0 Å². The third-order valence-electron chi connectivity index (χ3n) is 4.23. The second kappa shape index (κ2) is 8.14. The number of carbonyl (C=O) groups excluding carboxylic acids is 1. The molecule has 1 fully saturated rings. The number of sulfonamides is 1. The summed E-state index contributed by atoms with van der Waals surface area (Å²) in [7, 11) is -3.48. The van der Waals surface area contributed by atoms with E-state index in [9.17, 15) is 13.2 Å². The highest BCUT2D eigenvalue weighted by Gasteiger charge is 2.30. The molecule has 0 radical (unpaired) electrons. The van der Waals surface area contributed by atoms with Gasteiger partial charge >= 0.3 is 0 Å². The highest BCUT2D eigenvalue weighted by atomic mass is 35.5. The van der Waals surface area contributed by atoms with Crippen LogP contribution in [0.2, 0.25) is 4.34 Å². The Morgan fingerprint density at radius 3 is 2.38 bits per heavy atom. The first-order valence-electron chi connectivity index (χ1n) is 7.97. The summed E-state index contributed by atoms with van der Waals surface area (Å²) in [4.78, 5) is 14.0. The van der Waals surface area contributed by atoms with Crippen molar-refractivity contribution >= 4 is 38.9 Å². The molecule has 24 heavy (non-hydrogen) atoms. The minimum absolute atomic E-state index is 0.0162. The Bertz CT molecular complexity index is 667. The number of amides is 1. The Labute approximate surface area is 152 Å². The Hall–Kier alpha value is -0.670. The largest absolute Gasteiger partial charge is 0.352 e. The quantitative estimate of drug-likeness (QED) is 0.801. The number of hydrogen-bond donors (Lipinski definition) is 1. The molecule has 2 rings (SSSR count). The monoisotopic (exact) mass is 393 g/mol. The van der Waals surface area contributed by atoms with Crippen LogP contribution in [0, 0.1) is 5.92 Å². The van der Waals surface area contributed by atoms with Crippen molar-refractivity contribution < 1.29 is 13.2 Å². The molecule has 0 bridgehead atoms. The van der Waals surface area contributed by atoms with E-state index < -0.39 is 10.0 Å². The third kappa shape index (κ3) is 4.92. The minimum Gasteiger partial charge on any atom is -0.352 e. The summed E-state index contributed by atoms with van der Waals surface area (Å²) in [6.45, 7) is 8.26. The summed E-state index contributed by atoms with van der Waals surface area (Å²) in [5, 5.41) is 2.97. The number of nitrogens with one attached hydrogen (secondary N) is 1. The molecule has 0 spiro atoms. The van der Waals surface area contributed by atoms with Gasteiger partial charge in [-0.1, -0.05) is 25.4 Å². The number of nitrogens with zero attached hydrogens (tertiary/aromatic N) is 2. The van der Waals surface area contributed by atoms with E-state index >= 15 is 0 Å². The molecule has 1 aliphatic heterocycles.